The standard InChI is InChI=1S/C32H29FN6O/c1-20-3-7-24(19-35-20)37-27-16-30-32(17-28(27)36-23-8-12-26(40-2)13-9-23)39(25-10-5-22(33)6-11-25)31-14-4-21(18-34)15-29(31)38-30/h3-7,10-11,14-17,19,23,26,37H,8-9,12-13H2,1-2H3/b36-28+. The van der Waals surface area contributed by atoms with Gasteiger partial charge in [-0.15, -0.1) is 0 Å². The molecule has 0 spiro atoms. The van der Waals surface area contributed by atoms with E-state index in [1.54, 1.807) is 37.6 Å². The van der Waals surface area contributed by atoms with E-state index < -0.39 is 0 Å². The number of hydrogen-bond donors (Lipinski definition) is 1. The van der Waals surface area contributed by atoms with E-state index in [0.29, 0.717) is 11.1 Å². The van der Waals surface area contributed by atoms with Gasteiger partial charge in [-0.05, 0) is 99.3 Å². The zero-order valence-electron chi connectivity index (χ0n) is 22.4. The summed E-state index contributed by atoms with van der Waals surface area (Å²) >= 11 is 0. The summed E-state index contributed by atoms with van der Waals surface area (Å²) in [6.07, 6.45) is 5.95. The van der Waals surface area contributed by atoms with Crippen LogP contribution in [-0.2, 0) is 4.74 Å². The predicted molar refractivity (Wildman–Crippen MR) is 153 cm³/mol. The zero-order valence-corrected chi connectivity index (χ0v) is 22.4. The molecule has 0 unspecified atom stereocenters. The van der Waals surface area contributed by atoms with Crippen LogP contribution >= 0.6 is 0 Å². The summed E-state index contributed by atoms with van der Waals surface area (Å²) in [5, 5.41) is 13.8. The third kappa shape index (κ3) is 5.16. The number of halogens is 1. The molecule has 0 atom stereocenters. The lowest BCUT2D eigenvalue weighted by Crippen LogP contribution is -2.25. The lowest BCUT2D eigenvalue weighted by molar-refractivity contribution is 0.0663. The van der Waals surface area contributed by atoms with Gasteiger partial charge in [0.2, 0.25) is 0 Å². The smallest absolute Gasteiger partial charge is 0.123 e. The second-order valence-electron chi connectivity index (χ2n) is 10.2. The summed E-state index contributed by atoms with van der Waals surface area (Å²) < 4.78 is 21.5. The van der Waals surface area contributed by atoms with Crippen molar-refractivity contribution in [3.63, 3.8) is 0 Å². The fourth-order valence-corrected chi connectivity index (χ4v) is 5.34. The number of methoxy groups -OCH3 is 1. The summed E-state index contributed by atoms with van der Waals surface area (Å²) in [7, 11) is 1.77. The number of anilines is 2. The monoisotopic (exact) mass is 532 g/mol. The number of benzene rings is 3. The third-order valence-electron chi connectivity index (χ3n) is 7.49. The first-order valence-electron chi connectivity index (χ1n) is 13.4. The number of fused-ring (bicyclic) bond motifs is 2. The van der Waals surface area contributed by atoms with Crippen LogP contribution in [0.3, 0.4) is 0 Å². The van der Waals surface area contributed by atoms with Crippen LogP contribution in [0.5, 0.6) is 0 Å². The van der Waals surface area contributed by atoms with Crippen molar-refractivity contribution in [2.24, 2.45) is 4.99 Å². The molecule has 2 aliphatic carbocycles. The molecule has 1 aromatic heterocycles. The van der Waals surface area contributed by atoms with Crippen molar-refractivity contribution in [3.05, 3.63) is 95.4 Å². The maximum absolute atomic E-state index is 13.9. The highest BCUT2D eigenvalue weighted by Gasteiger charge is 2.22. The van der Waals surface area contributed by atoms with Gasteiger partial charge in [0.1, 0.15) is 5.82 Å². The van der Waals surface area contributed by atoms with Gasteiger partial charge >= 0.3 is 0 Å². The Morgan fingerprint density at radius 3 is 2.52 bits per heavy atom. The van der Waals surface area contributed by atoms with Crippen molar-refractivity contribution >= 4 is 22.4 Å². The molecule has 3 aromatic rings. The number of aryl methyl sites for hydroxylation is 1. The Morgan fingerprint density at radius 2 is 1.82 bits per heavy atom. The van der Waals surface area contributed by atoms with E-state index in [1.807, 2.05) is 31.2 Å². The Morgan fingerprint density at radius 1 is 1.02 bits per heavy atom. The Kier molecular flexibility index (Phi) is 6.97. The lowest BCUT2D eigenvalue weighted by Gasteiger charge is -2.25. The molecule has 0 amide bonds. The number of aromatic nitrogens is 3. The summed E-state index contributed by atoms with van der Waals surface area (Å²) in [6, 6.07) is 22.2. The number of ether oxygens (including phenoxy) is 1. The summed E-state index contributed by atoms with van der Waals surface area (Å²) in [6.45, 7) is 1.95. The Labute approximate surface area is 232 Å². The van der Waals surface area contributed by atoms with Crippen LogP contribution in [0.4, 0.5) is 15.8 Å². The molecular weight excluding hydrogens is 503 g/mol. The third-order valence-corrected chi connectivity index (χ3v) is 7.49. The molecule has 1 N–H and O–H groups in total. The van der Waals surface area contributed by atoms with Crippen molar-refractivity contribution in [1.29, 1.82) is 5.26 Å². The van der Waals surface area contributed by atoms with E-state index in [2.05, 4.69) is 27.0 Å². The Bertz CT molecular complexity index is 1750. The van der Waals surface area contributed by atoms with Crippen LogP contribution in [-0.4, -0.2) is 33.8 Å². The highest BCUT2D eigenvalue weighted by atomic mass is 19.1. The van der Waals surface area contributed by atoms with E-state index in [0.717, 1.165) is 70.7 Å². The summed E-state index contributed by atoms with van der Waals surface area (Å²) in [4.78, 5) is 14.6. The van der Waals surface area contributed by atoms with Gasteiger partial charge in [0.25, 0.3) is 0 Å². The van der Waals surface area contributed by atoms with Gasteiger partial charge in [-0.3, -0.25) is 9.98 Å². The summed E-state index contributed by atoms with van der Waals surface area (Å²) in [5.41, 5.74) is 6.95. The topological polar surface area (TPSA) is 88.1 Å². The molecular formula is C32H29FN6O. The normalized spacial score (nSPS) is 17.7. The van der Waals surface area contributed by atoms with Crippen molar-refractivity contribution in [3.8, 4) is 23.1 Å². The van der Waals surface area contributed by atoms with Crippen molar-refractivity contribution in [2.75, 3.05) is 12.4 Å². The molecule has 0 radical (unpaired) electrons. The molecule has 200 valence electrons. The number of nitrogens with zero attached hydrogens (tertiary/aromatic N) is 5. The number of nitriles is 1. The minimum Gasteiger partial charge on any atom is -0.381 e. The first kappa shape index (κ1) is 25.7. The van der Waals surface area contributed by atoms with Crippen LogP contribution in [0.1, 0.15) is 36.9 Å². The maximum atomic E-state index is 13.9. The van der Waals surface area contributed by atoms with Gasteiger partial charge < -0.3 is 14.6 Å². The van der Waals surface area contributed by atoms with E-state index in [1.165, 1.54) is 12.1 Å². The SMILES string of the molecule is COC1CCC(/N=c2\cc3n(-c4ccc(F)cc4)c4ccc(C#N)cc4nc-3cc2Nc2ccc(C)nc2)CC1. The predicted octanol–water partition coefficient (Wildman–Crippen LogP) is 6.45. The van der Waals surface area contributed by atoms with Crippen molar-refractivity contribution in [1.82, 2.24) is 14.5 Å². The minimum absolute atomic E-state index is 0.173. The van der Waals surface area contributed by atoms with Gasteiger partial charge in [-0.2, -0.15) is 5.26 Å². The fourth-order valence-electron chi connectivity index (χ4n) is 5.34. The first-order valence-corrected chi connectivity index (χ1v) is 13.4. The molecule has 0 bridgehead atoms. The van der Waals surface area contributed by atoms with Gasteiger partial charge in [-0.1, -0.05) is 0 Å². The Hall–Kier alpha value is -4.61. The maximum Gasteiger partial charge on any atom is 0.123 e. The molecule has 40 heavy (non-hydrogen) atoms. The fraction of sp³-hybridized carbons (Fsp3) is 0.250. The minimum atomic E-state index is -0.306. The largest absolute Gasteiger partial charge is 0.381 e. The molecule has 2 aromatic carbocycles. The van der Waals surface area contributed by atoms with Gasteiger partial charge in [-0.25, -0.2) is 9.37 Å². The van der Waals surface area contributed by atoms with Crippen LogP contribution in [0.25, 0.3) is 28.1 Å². The molecule has 3 aliphatic rings. The number of rotatable bonds is 5. The van der Waals surface area contributed by atoms with E-state index >= 15 is 0 Å². The van der Waals surface area contributed by atoms with E-state index in [4.69, 9.17) is 14.7 Å². The molecule has 6 rings (SSSR count). The molecule has 1 saturated carbocycles. The average molecular weight is 533 g/mol. The number of pyridine rings is 1. The number of nitrogens with one attached hydrogen (secondary N) is 1. The first-order chi connectivity index (χ1) is 19.5. The van der Waals surface area contributed by atoms with Crippen molar-refractivity contribution < 1.29 is 9.13 Å². The molecule has 7 nitrogen and oxygen atoms in total. The van der Waals surface area contributed by atoms with E-state index in [9.17, 15) is 9.65 Å². The highest BCUT2D eigenvalue weighted by Crippen LogP contribution is 2.31. The quantitative estimate of drug-likeness (QED) is 0.263. The Balaban J connectivity index is 1.59. The van der Waals surface area contributed by atoms with Crippen molar-refractivity contribution in [2.45, 2.75) is 44.8 Å². The molecule has 1 aliphatic heterocycles. The molecule has 2 heterocycles. The second kappa shape index (κ2) is 10.9. The summed E-state index contributed by atoms with van der Waals surface area (Å²) in [5.74, 6) is -0.306. The second-order valence-corrected chi connectivity index (χ2v) is 10.2. The van der Waals surface area contributed by atoms with Crippen LogP contribution < -0.4 is 10.7 Å². The van der Waals surface area contributed by atoms with Gasteiger partial charge in [0, 0.05) is 18.5 Å². The van der Waals surface area contributed by atoms with Crippen LogP contribution in [0.15, 0.2) is 77.9 Å². The lowest BCUT2D eigenvalue weighted by atomic mass is 9.93. The zero-order chi connectivity index (χ0) is 27.6. The molecule has 0 saturated heterocycles. The molecule has 8 heteroatoms. The van der Waals surface area contributed by atoms with Gasteiger partial charge in [0.05, 0.1) is 69.1 Å². The molecule has 1 fully saturated rings. The van der Waals surface area contributed by atoms with Gasteiger partial charge in [0.15, 0.2) is 0 Å². The number of hydrogen-bond acceptors (Lipinski definition) is 6. The van der Waals surface area contributed by atoms with E-state index in [-0.39, 0.29) is 18.0 Å². The highest BCUT2D eigenvalue weighted by molar-refractivity contribution is 5.85. The average Bonchev–Trinajstić information content (AvgIpc) is 2.98. The van der Waals surface area contributed by atoms with Crippen LogP contribution in [0, 0.1) is 24.1 Å². The van der Waals surface area contributed by atoms with Crippen LogP contribution in [0.2, 0.25) is 0 Å².